The second-order valence-corrected chi connectivity index (χ2v) is 6.77. The Balaban J connectivity index is 0.00000218. The Kier molecular flexibility index (Phi) is 6.08. The van der Waals surface area contributed by atoms with E-state index in [1.54, 1.807) is 0 Å². The second kappa shape index (κ2) is 9.08. The Hall–Kier alpha value is -3.21. The minimum atomic E-state index is 0. The zero-order valence-electron chi connectivity index (χ0n) is 16.1. The Morgan fingerprint density at radius 3 is 1.40 bits per heavy atom. The number of hydrogen-bond acceptors (Lipinski definition) is 4. The molecule has 5 rings (SSSR count). The maximum absolute atomic E-state index is 4.54. The van der Waals surface area contributed by atoms with Crippen molar-refractivity contribution < 1.29 is 20.1 Å². The van der Waals surface area contributed by atoms with Crippen molar-refractivity contribution in [2.24, 2.45) is 0 Å². The van der Waals surface area contributed by atoms with Crippen LogP contribution in [0.1, 0.15) is 0 Å². The van der Waals surface area contributed by atoms with Crippen LogP contribution in [0.2, 0.25) is 0 Å². The second-order valence-electron chi connectivity index (χ2n) is 6.77. The first-order valence-corrected chi connectivity index (χ1v) is 9.50. The normalized spacial score (nSPS) is 12.4. The van der Waals surface area contributed by atoms with Gasteiger partial charge in [-0.2, -0.15) is 0 Å². The first-order chi connectivity index (χ1) is 14.4. The molecule has 4 nitrogen and oxygen atoms in total. The largest absolute Gasteiger partial charge is 0.402 e. The molecule has 2 aromatic carbocycles. The van der Waals surface area contributed by atoms with Crippen LogP contribution in [-0.4, -0.2) is 17.5 Å². The van der Waals surface area contributed by atoms with E-state index in [0.717, 1.165) is 22.8 Å². The van der Waals surface area contributed by atoms with Gasteiger partial charge in [0.1, 0.15) is 11.6 Å². The van der Waals surface area contributed by atoms with E-state index in [1.165, 1.54) is 11.1 Å². The maximum atomic E-state index is 4.54. The van der Waals surface area contributed by atoms with Crippen molar-refractivity contribution >= 4 is 19.2 Å². The molecule has 0 saturated heterocycles. The van der Waals surface area contributed by atoms with Gasteiger partial charge in [-0.3, -0.25) is 0 Å². The van der Waals surface area contributed by atoms with Crippen LogP contribution in [0, 0.1) is 0 Å². The van der Waals surface area contributed by atoms with Crippen LogP contribution >= 0.6 is 0 Å². The van der Waals surface area contributed by atoms with E-state index >= 15 is 0 Å². The molecule has 2 aromatic heterocycles. The Morgan fingerprint density at radius 1 is 0.533 bits per heavy atom. The topological polar surface area (TPSA) is 32.3 Å². The monoisotopic (exact) mass is 566 g/mol. The van der Waals surface area contributed by atoms with Crippen LogP contribution in [-0.2, 0) is 20.1 Å². The zero-order valence-corrected chi connectivity index (χ0v) is 18.5. The predicted molar refractivity (Wildman–Crippen MR) is 119 cm³/mol. The van der Waals surface area contributed by atoms with Crippen LogP contribution in [0.5, 0.6) is 0 Å². The summed E-state index contributed by atoms with van der Waals surface area (Å²) in [5, 5.41) is 0. The van der Waals surface area contributed by atoms with Crippen molar-refractivity contribution in [2.45, 2.75) is 0 Å². The van der Waals surface area contributed by atoms with Gasteiger partial charge in [-0.15, -0.1) is 0 Å². The fourth-order valence-corrected chi connectivity index (χ4v) is 3.37. The van der Waals surface area contributed by atoms with Gasteiger partial charge >= 0.3 is 7.55 Å². The molecule has 2 radical (unpaired) electrons. The van der Waals surface area contributed by atoms with E-state index in [4.69, 9.17) is 0 Å². The molecule has 30 heavy (non-hydrogen) atoms. The van der Waals surface area contributed by atoms with E-state index in [1.807, 2.05) is 90.5 Å². The van der Waals surface area contributed by atoms with Gasteiger partial charge in [0, 0.05) is 44.9 Å². The fraction of sp³-hybridized carbons (Fsp3) is 0. The van der Waals surface area contributed by atoms with Gasteiger partial charge in [-0.05, 0) is 46.5 Å². The van der Waals surface area contributed by atoms with Crippen molar-refractivity contribution in [3.05, 3.63) is 110 Å². The fourth-order valence-electron chi connectivity index (χ4n) is 3.37. The molecule has 0 fully saturated rings. The number of aromatic nitrogens is 2. The summed E-state index contributed by atoms with van der Waals surface area (Å²) in [6, 6.07) is 28.9. The number of nitrogens with zero attached hydrogens (tertiary/aromatic N) is 4. The van der Waals surface area contributed by atoms with Gasteiger partial charge in [0.2, 0.25) is 0 Å². The summed E-state index contributed by atoms with van der Waals surface area (Å²) in [5.74, 6) is 1.73. The third-order valence-electron chi connectivity index (χ3n) is 4.87. The molecule has 0 spiro atoms. The molecule has 1 aliphatic heterocycles. The molecule has 0 bridgehead atoms. The van der Waals surface area contributed by atoms with Crippen LogP contribution in [0.15, 0.2) is 110 Å². The summed E-state index contributed by atoms with van der Waals surface area (Å²) in [6.07, 6.45) is 7.68. The molecule has 4 aromatic rings. The van der Waals surface area contributed by atoms with Crippen LogP contribution < -0.4 is 9.62 Å². The van der Waals surface area contributed by atoms with Gasteiger partial charge in [0.05, 0.1) is 0 Å². The molecule has 0 amide bonds. The summed E-state index contributed by atoms with van der Waals surface area (Å²) < 4.78 is 0. The zero-order chi connectivity index (χ0) is 19.5. The molecule has 0 N–H and O–H groups in total. The first kappa shape index (κ1) is 20.1. The smallest absolute Gasteiger partial charge is 0.358 e. The summed E-state index contributed by atoms with van der Waals surface area (Å²) >= 11 is 0. The molecule has 3 heterocycles. The van der Waals surface area contributed by atoms with Crippen molar-refractivity contribution in [3.8, 4) is 22.3 Å². The summed E-state index contributed by atoms with van der Waals surface area (Å²) in [4.78, 5) is 13.1. The van der Waals surface area contributed by atoms with Crippen molar-refractivity contribution in [1.82, 2.24) is 9.97 Å². The number of benzene rings is 2. The van der Waals surface area contributed by atoms with Gasteiger partial charge in [-0.25, -0.2) is 9.97 Å². The van der Waals surface area contributed by atoms with E-state index in [-0.39, 0.29) is 20.1 Å². The van der Waals surface area contributed by atoms with Crippen molar-refractivity contribution in [1.29, 1.82) is 0 Å². The van der Waals surface area contributed by atoms with Crippen molar-refractivity contribution in [3.63, 3.8) is 0 Å². The number of anilines is 2. The first-order valence-electron chi connectivity index (χ1n) is 9.50. The third-order valence-corrected chi connectivity index (χ3v) is 4.87. The maximum Gasteiger partial charge on any atom is 0.402 e. The molecule has 146 valence electrons. The minimum Gasteiger partial charge on any atom is -0.358 e. The van der Waals surface area contributed by atoms with Gasteiger partial charge in [-0.1, -0.05) is 60.7 Å². The molecule has 6 heteroatoms. The van der Waals surface area contributed by atoms with Crippen LogP contribution in [0.25, 0.3) is 22.3 Å². The molecular weight excluding hydrogens is 547 g/mol. The average molecular weight is 565 g/mol. The van der Waals surface area contributed by atoms with Crippen molar-refractivity contribution in [2.75, 3.05) is 9.62 Å². The van der Waals surface area contributed by atoms with E-state index < -0.39 is 0 Å². The predicted octanol–water partition coefficient (Wildman–Crippen LogP) is 5.14. The number of pyridine rings is 2. The Labute approximate surface area is 190 Å². The molecule has 0 saturated carbocycles. The minimum absolute atomic E-state index is 0. The SMILES string of the molecule is [B]1N(c2cc(-c3ccccc3)ccn2)C=CN1c1cc(-c2ccccc2)ccn1.[Ir]. The standard InChI is InChI=1S/C24H18BN4.Ir/c1-3-7-19(8-4-1)21-11-13-26-23(17-21)28-15-16-29(25-28)24-18-22(12-14-27-24)20-9-5-2-6-10-20;/h1-18H;. The van der Waals surface area contributed by atoms with Gasteiger partial charge in [0.25, 0.3) is 0 Å². The summed E-state index contributed by atoms with van der Waals surface area (Å²) in [6.45, 7) is 0. The summed E-state index contributed by atoms with van der Waals surface area (Å²) in [5.41, 5.74) is 4.63. The average Bonchev–Trinajstić information content (AvgIpc) is 3.31. The molecule has 0 atom stereocenters. The van der Waals surface area contributed by atoms with Crippen LogP contribution in [0.3, 0.4) is 0 Å². The quantitative estimate of drug-likeness (QED) is 0.321. The molecule has 1 aliphatic rings. The molecule has 0 unspecified atom stereocenters. The third kappa shape index (κ3) is 4.20. The summed E-state index contributed by atoms with van der Waals surface area (Å²) in [7, 11) is 1.99. The molecule has 0 aliphatic carbocycles. The van der Waals surface area contributed by atoms with E-state index in [0.29, 0.717) is 0 Å². The van der Waals surface area contributed by atoms with Gasteiger partial charge < -0.3 is 9.62 Å². The number of rotatable bonds is 4. The van der Waals surface area contributed by atoms with E-state index in [2.05, 4.69) is 46.4 Å². The Bertz CT molecular complexity index is 1060. The number of hydrogen-bond donors (Lipinski definition) is 0. The van der Waals surface area contributed by atoms with E-state index in [9.17, 15) is 0 Å². The Morgan fingerprint density at radius 2 is 0.967 bits per heavy atom. The molecular formula is C24H18BIrN4. The van der Waals surface area contributed by atoms with Crippen LogP contribution in [0.4, 0.5) is 11.6 Å². The van der Waals surface area contributed by atoms with Gasteiger partial charge in [0.15, 0.2) is 0 Å².